The van der Waals surface area contributed by atoms with E-state index in [1.165, 1.54) is 32.0 Å². The van der Waals surface area contributed by atoms with Gasteiger partial charge in [0, 0.05) is 0 Å². The van der Waals surface area contributed by atoms with Crippen molar-refractivity contribution in [3.8, 4) is 0 Å². The van der Waals surface area contributed by atoms with Gasteiger partial charge in [-0.1, -0.05) is 86.0 Å². The standard InChI is InChI=1S/C16H35B.Li/c1-8-9-10-11-12-17(15(6)13(2)3)16(7)14(4)5;/h13-16H,8-12H2,1-7H3;/q-1;+1. The summed E-state index contributed by atoms with van der Waals surface area (Å²) >= 11 is 0. The van der Waals surface area contributed by atoms with Gasteiger partial charge < -0.3 is 0 Å². The Morgan fingerprint density at radius 2 is 1.17 bits per heavy atom. The quantitative estimate of drug-likeness (QED) is 0.432. The van der Waals surface area contributed by atoms with Crippen molar-refractivity contribution in [1.82, 2.24) is 0 Å². The van der Waals surface area contributed by atoms with Gasteiger partial charge in [0.15, 0.2) is 0 Å². The Labute approximate surface area is 129 Å². The van der Waals surface area contributed by atoms with E-state index < -0.39 is 0 Å². The van der Waals surface area contributed by atoms with Gasteiger partial charge in [-0.15, -0.1) is 6.71 Å². The molecular weight excluding hydrogens is 210 g/mol. The summed E-state index contributed by atoms with van der Waals surface area (Å²) in [7, 11) is 0. The molecule has 0 spiro atoms. The number of hydrogen-bond donors (Lipinski definition) is 0. The van der Waals surface area contributed by atoms with Gasteiger partial charge in [-0.05, 0) is 0 Å². The molecule has 103 valence electrons. The number of rotatable bonds is 9. The molecule has 0 N–H and O–H groups in total. The Kier molecular flexibility index (Phi) is 13.4. The molecular formula is C16H35BLi. The minimum absolute atomic E-state index is 0. The predicted molar refractivity (Wildman–Crippen MR) is 83.2 cm³/mol. The first-order valence-electron chi connectivity index (χ1n) is 7.91. The Morgan fingerprint density at radius 3 is 1.50 bits per heavy atom. The van der Waals surface area contributed by atoms with Crippen molar-refractivity contribution in [3.63, 3.8) is 0 Å². The maximum Gasteiger partial charge on any atom is 1.00 e. The minimum Gasteiger partial charge on any atom is -0.208 e. The van der Waals surface area contributed by atoms with Crippen LogP contribution in [0.5, 0.6) is 0 Å². The van der Waals surface area contributed by atoms with Crippen molar-refractivity contribution in [2.24, 2.45) is 11.8 Å². The van der Waals surface area contributed by atoms with Crippen LogP contribution in [0.2, 0.25) is 18.0 Å². The minimum atomic E-state index is 0. The molecule has 0 amide bonds. The fraction of sp³-hybridized carbons (Fsp3) is 1.00. The molecule has 0 saturated carbocycles. The molecule has 0 bridgehead atoms. The molecule has 0 aromatic carbocycles. The van der Waals surface area contributed by atoms with E-state index in [9.17, 15) is 0 Å². The molecule has 0 aromatic heterocycles. The van der Waals surface area contributed by atoms with Gasteiger partial charge in [-0.25, -0.2) is 6.32 Å². The molecule has 0 rings (SSSR count). The SMILES string of the molecule is CCCCCC[B-](C(C)C(C)C)C(C)C(C)C.[Li+]. The first kappa shape index (κ1) is 21.0. The van der Waals surface area contributed by atoms with Gasteiger partial charge >= 0.3 is 18.9 Å². The van der Waals surface area contributed by atoms with E-state index in [2.05, 4.69) is 48.5 Å². The molecule has 0 aliphatic heterocycles. The Balaban J connectivity index is 0. The molecule has 2 atom stereocenters. The summed E-state index contributed by atoms with van der Waals surface area (Å²) in [6.07, 6.45) is 7.08. The van der Waals surface area contributed by atoms with E-state index in [4.69, 9.17) is 0 Å². The van der Waals surface area contributed by atoms with Crippen LogP contribution < -0.4 is 18.9 Å². The summed E-state index contributed by atoms with van der Waals surface area (Å²) < 4.78 is 0. The first-order chi connectivity index (χ1) is 7.91. The molecule has 2 unspecified atom stereocenters. The Bertz CT molecular complexity index is 166. The van der Waals surface area contributed by atoms with Gasteiger partial charge in [0.05, 0.1) is 0 Å². The average Bonchev–Trinajstić information content (AvgIpc) is 2.27. The van der Waals surface area contributed by atoms with Crippen LogP contribution in [0.25, 0.3) is 0 Å². The smallest absolute Gasteiger partial charge is 0.208 e. The molecule has 2 heteroatoms. The van der Waals surface area contributed by atoms with Crippen molar-refractivity contribution in [2.75, 3.05) is 0 Å². The van der Waals surface area contributed by atoms with Crippen molar-refractivity contribution < 1.29 is 18.9 Å². The molecule has 0 saturated heterocycles. The molecule has 0 heterocycles. The van der Waals surface area contributed by atoms with Crippen LogP contribution in [0.15, 0.2) is 0 Å². The fourth-order valence-corrected chi connectivity index (χ4v) is 2.80. The third-order valence-electron chi connectivity index (χ3n) is 4.84. The van der Waals surface area contributed by atoms with Crippen LogP contribution in [0, 0.1) is 11.8 Å². The summed E-state index contributed by atoms with van der Waals surface area (Å²) in [5.74, 6) is 3.39. The second-order valence-electron chi connectivity index (χ2n) is 6.72. The molecule has 0 nitrogen and oxygen atoms in total. The predicted octanol–water partition coefficient (Wildman–Crippen LogP) is 3.16. The maximum absolute atomic E-state index is 2.47. The van der Waals surface area contributed by atoms with Crippen LogP contribution in [-0.4, -0.2) is 6.71 Å². The number of hydrogen-bond acceptors (Lipinski definition) is 0. The van der Waals surface area contributed by atoms with E-state index in [0.717, 1.165) is 30.2 Å². The summed E-state index contributed by atoms with van der Waals surface area (Å²) in [5.41, 5.74) is 0. The first-order valence-corrected chi connectivity index (χ1v) is 7.91. The zero-order valence-corrected chi connectivity index (χ0v) is 14.4. The van der Waals surface area contributed by atoms with E-state index in [1.807, 2.05) is 0 Å². The van der Waals surface area contributed by atoms with E-state index in [0.29, 0.717) is 0 Å². The Hall–Kier alpha value is 0.662. The maximum atomic E-state index is 2.47. The summed E-state index contributed by atoms with van der Waals surface area (Å²) in [6.45, 7) is 17.7. The molecule has 0 aliphatic rings. The van der Waals surface area contributed by atoms with Crippen LogP contribution in [-0.2, 0) is 0 Å². The molecule has 0 fully saturated rings. The third kappa shape index (κ3) is 7.96. The third-order valence-corrected chi connectivity index (χ3v) is 4.84. The molecule has 1 radical (unpaired) electrons. The van der Waals surface area contributed by atoms with E-state index >= 15 is 0 Å². The monoisotopic (exact) mass is 245 g/mol. The van der Waals surface area contributed by atoms with Gasteiger partial charge in [-0.3, -0.25) is 0 Å². The van der Waals surface area contributed by atoms with Crippen LogP contribution >= 0.6 is 0 Å². The van der Waals surface area contributed by atoms with Crippen LogP contribution in [0.4, 0.5) is 0 Å². The van der Waals surface area contributed by atoms with Crippen molar-refractivity contribution in [3.05, 3.63) is 0 Å². The van der Waals surface area contributed by atoms with E-state index in [1.54, 1.807) is 0 Å². The van der Waals surface area contributed by atoms with Gasteiger partial charge in [-0.2, -0.15) is 11.6 Å². The van der Waals surface area contributed by atoms with Gasteiger partial charge in [0.25, 0.3) is 0 Å². The zero-order chi connectivity index (χ0) is 13.4. The second-order valence-corrected chi connectivity index (χ2v) is 6.72. The topological polar surface area (TPSA) is 0 Å². The second kappa shape index (κ2) is 11.5. The Morgan fingerprint density at radius 1 is 0.722 bits per heavy atom. The summed E-state index contributed by atoms with van der Waals surface area (Å²) in [5, 5.41) is 0. The van der Waals surface area contributed by atoms with Gasteiger partial charge in [0.2, 0.25) is 0 Å². The van der Waals surface area contributed by atoms with Crippen LogP contribution in [0.1, 0.15) is 74.1 Å². The zero-order valence-electron chi connectivity index (χ0n) is 14.4. The van der Waals surface area contributed by atoms with Gasteiger partial charge in [0.1, 0.15) is 0 Å². The fourth-order valence-electron chi connectivity index (χ4n) is 2.80. The van der Waals surface area contributed by atoms with E-state index in [-0.39, 0.29) is 18.9 Å². The molecule has 0 aliphatic carbocycles. The largest absolute Gasteiger partial charge is 1.00 e. The summed E-state index contributed by atoms with van der Waals surface area (Å²) in [6, 6.07) is 0. The normalized spacial score (nSPS) is 15.0. The molecule has 0 aromatic rings. The number of unbranched alkanes of at least 4 members (excludes halogenated alkanes) is 3. The van der Waals surface area contributed by atoms with Crippen molar-refractivity contribution in [2.45, 2.75) is 92.1 Å². The van der Waals surface area contributed by atoms with Crippen LogP contribution in [0.3, 0.4) is 0 Å². The van der Waals surface area contributed by atoms with Crippen molar-refractivity contribution >= 4 is 6.71 Å². The molecule has 18 heavy (non-hydrogen) atoms. The summed E-state index contributed by atoms with van der Waals surface area (Å²) in [4.78, 5) is 0. The van der Waals surface area contributed by atoms with Crippen molar-refractivity contribution in [1.29, 1.82) is 0 Å². The average molecular weight is 245 g/mol.